The van der Waals surface area contributed by atoms with E-state index in [2.05, 4.69) is 10.3 Å². The van der Waals surface area contributed by atoms with Gasteiger partial charge in [0.1, 0.15) is 0 Å². The molecule has 1 amide bonds. The van der Waals surface area contributed by atoms with Gasteiger partial charge in [0.15, 0.2) is 0 Å². The van der Waals surface area contributed by atoms with Crippen molar-refractivity contribution in [2.24, 2.45) is 11.1 Å². The fourth-order valence-corrected chi connectivity index (χ4v) is 3.89. The molecule has 0 unspecified atom stereocenters. The van der Waals surface area contributed by atoms with Crippen molar-refractivity contribution in [3.63, 3.8) is 0 Å². The molecule has 1 heterocycles. The van der Waals surface area contributed by atoms with Crippen LogP contribution in [0.4, 0.5) is 5.69 Å². The number of pyridine rings is 1. The van der Waals surface area contributed by atoms with E-state index in [4.69, 9.17) is 21.5 Å². The van der Waals surface area contributed by atoms with Crippen LogP contribution in [0.5, 0.6) is 5.88 Å². The molecule has 0 saturated carbocycles. The van der Waals surface area contributed by atoms with E-state index in [-0.39, 0.29) is 34.7 Å². The van der Waals surface area contributed by atoms with E-state index in [1.807, 2.05) is 13.8 Å². The molecule has 0 saturated heterocycles. The molecule has 0 bridgehead atoms. The Morgan fingerprint density at radius 3 is 2.60 bits per heavy atom. The molecule has 2 aromatic carbocycles. The van der Waals surface area contributed by atoms with Gasteiger partial charge in [-0.3, -0.25) is 4.79 Å². The second kappa shape index (κ2) is 8.99. The van der Waals surface area contributed by atoms with Crippen molar-refractivity contribution in [2.75, 3.05) is 11.9 Å². The summed E-state index contributed by atoms with van der Waals surface area (Å²) >= 11 is 6.11. The average molecular weight is 448 g/mol. The SMILES string of the molecule is CC(C)COc1nccc2c(S(N)(=O)=O)cc(NC(=O)Cc3ccccc3Cl)cc12. The second-order valence-corrected chi connectivity index (χ2v) is 9.19. The number of benzene rings is 2. The molecule has 0 spiro atoms. The summed E-state index contributed by atoms with van der Waals surface area (Å²) < 4.78 is 30.1. The molecular formula is C21H22ClN3O4S. The number of nitrogens with one attached hydrogen (secondary N) is 1. The van der Waals surface area contributed by atoms with Gasteiger partial charge in [0.2, 0.25) is 21.8 Å². The van der Waals surface area contributed by atoms with Crippen molar-refractivity contribution in [1.82, 2.24) is 4.98 Å². The van der Waals surface area contributed by atoms with Crippen LogP contribution in [-0.2, 0) is 21.2 Å². The maximum atomic E-state index is 12.5. The van der Waals surface area contributed by atoms with E-state index in [0.29, 0.717) is 28.0 Å². The minimum absolute atomic E-state index is 0.0339. The normalized spacial score (nSPS) is 11.6. The highest BCUT2D eigenvalue weighted by Crippen LogP contribution is 2.32. The Labute approximate surface area is 180 Å². The Bertz CT molecular complexity index is 1200. The number of hydrogen-bond donors (Lipinski definition) is 2. The van der Waals surface area contributed by atoms with Crippen LogP contribution < -0.4 is 15.2 Å². The van der Waals surface area contributed by atoms with Gasteiger partial charge in [-0.05, 0) is 35.7 Å². The summed E-state index contributed by atoms with van der Waals surface area (Å²) in [6, 6.07) is 11.5. The van der Waals surface area contributed by atoms with Crippen LogP contribution in [0.25, 0.3) is 10.8 Å². The first kappa shape index (κ1) is 22.0. The van der Waals surface area contributed by atoms with Gasteiger partial charge in [-0.1, -0.05) is 43.6 Å². The Morgan fingerprint density at radius 1 is 1.20 bits per heavy atom. The third-order valence-corrected chi connectivity index (χ3v) is 5.58. The molecule has 30 heavy (non-hydrogen) atoms. The molecule has 0 atom stereocenters. The van der Waals surface area contributed by atoms with E-state index in [1.165, 1.54) is 12.3 Å². The summed E-state index contributed by atoms with van der Waals surface area (Å²) in [6.45, 7) is 4.38. The first-order chi connectivity index (χ1) is 14.1. The summed E-state index contributed by atoms with van der Waals surface area (Å²) in [4.78, 5) is 16.6. The van der Waals surface area contributed by atoms with Crippen LogP contribution in [0, 0.1) is 5.92 Å². The number of fused-ring (bicyclic) bond motifs is 1. The molecular weight excluding hydrogens is 426 g/mol. The Kier molecular flexibility index (Phi) is 6.60. The first-order valence-electron chi connectivity index (χ1n) is 9.26. The fraction of sp³-hybridized carbons (Fsp3) is 0.238. The number of aromatic nitrogens is 1. The lowest BCUT2D eigenvalue weighted by atomic mass is 10.1. The zero-order valence-electron chi connectivity index (χ0n) is 16.6. The number of primary sulfonamides is 1. The third kappa shape index (κ3) is 5.27. The van der Waals surface area contributed by atoms with Gasteiger partial charge in [-0.25, -0.2) is 18.5 Å². The standard InChI is InChI=1S/C21H22ClN3O4S/c1-13(2)12-29-21-17-10-15(11-19(30(23,27)28)16(17)7-8-24-21)25-20(26)9-14-5-3-4-6-18(14)22/h3-8,10-11,13H,9,12H2,1-2H3,(H,25,26)(H2,23,27,28). The molecule has 0 fully saturated rings. The van der Waals surface area contributed by atoms with Crippen molar-refractivity contribution >= 4 is 44.0 Å². The van der Waals surface area contributed by atoms with E-state index < -0.39 is 10.0 Å². The Hall–Kier alpha value is -2.68. The Morgan fingerprint density at radius 2 is 1.93 bits per heavy atom. The number of hydrogen-bond acceptors (Lipinski definition) is 5. The smallest absolute Gasteiger partial charge is 0.238 e. The molecule has 3 aromatic rings. The van der Waals surface area contributed by atoms with Crippen LogP contribution in [0.15, 0.2) is 53.6 Å². The molecule has 0 aliphatic heterocycles. The predicted octanol–water partition coefficient (Wildman–Crippen LogP) is 3.75. The molecule has 1 aromatic heterocycles. The lowest BCUT2D eigenvalue weighted by molar-refractivity contribution is -0.115. The first-order valence-corrected chi connectivity index (χ1v) is 11.2. The van der Waals surface area contributed by atoms with Gasteiger partial charge >= 0.3 is 0 Å². The number of sulfonamides is 1. The molecule has 9 heteroatoms. The topological polar surface area (TPSA) is 111 Å². The van der Waals surface area contributed by atoms with Crippen molar-refractivity contribution in [1.29, 1.82) is 0 Å². The van der Waals surface area contributed by atoms with Crippen LogP contribution in [0.3, 0.4) is 0 Å². The van der Waals surface area contributed by atoms with Crippen molar-refractivity contribution in [3.05, 3.63) is 59.2 Å². The number of amides is 1. The zero-order chi connectivity index (χ0) is 21.9. The third-order valence-electron chi connectivity index (χ3n) is 4.26. The molecule has 0 radical (unpaired) electrons. The molecule has 0 aliphatic rings. The lowest BCUT2D eigenvalue weighted by Crippen LogP contribution is -2.17. The zero-order valence-corrected chi connectivity index (χ0v) is 18.1. The van der Waals surface area contributed by atoms with Gasteiger partial charge in [-0.15, -0.1) is 0 Å². The number of carbonyl (C=O) groups is 1. The van der Waals surface area contributed by atoms with Gasteiger partial charge in [0.25, 0.3) is 0 Å². The number of halogens is 1. The van der Waals surface area contributed by atoms with Crippen molar-refractivity contribution < 1.29 is 17.9 Å². The largest absolute Gasteiger partial charge is 0.477 e. The van der Waals surface area contributed by atoms with Gasteiger partial charge in [-0.2, -0.15) is 0 Å². The van der Waals surface area contributed by atoms with E-state index in [9.17, 15) is 13.2 Å². The maximum Gasteiger partial charge on any atom is 0.238 e. The lowest BCUT2D eigenvalue weighted by Gasteiger charge is -2.14. The summed E-state index contributed by atoms with van der Waals surface area (Å²) in [6.07, 6.45) is 1.49. The predicted molar refractivity (Wildman–Crippen MR) is 117 cm³/mol. The number of rotatable bonds is 7. The number of nitrogens with zero attached hydrogens (tertiary/aromatic N) is 1. The summed E-state index contributed by atoms with van der Waals surface area (Å²) in [5.41, 5.74) is 0.928. The second-order valence-electron chi connectivity index (χ2n) is 7.25. The van der Waals surface area contributed by atoms with Crippen LogP contribution >= 0.6 is 11.6 Å². The van der Waals surface area contributed by atoms with E-state index in [1.54, 1.807) is 36.4 Å². The number of nitrogens with two attached hydrogens (primary N) is 1. The number of carbonyl (C=O) groups excluding carboxylic acids is 1. The van der Waals surface area contributed by atoms with E-state index in [0.717, 1.165) is 0 Å². The molecule has 3 rings (SSSR count). The maximum absolute atomic E-state index is 12.5. The number of ether oxygens (including phenoxy) is 1. The number of anilines is 1. The molecule has 158 valence electrons. The van der Waals surface area contributed by atoms with Crippen LogP contribution in [0.1, 0.15) is 19.4 Å². The monoisotopic (exact) mass is 447 g/mol. The molecule has 3 N–H and O–H groups in total. The summed E-state index contributed by atoms with van der Waals surface area (Å²) in [5.74, 6) is 0.169. The van der Waals surface area contributed by atoms with Gasteiger partial charge in [0.05, 0.1) is 17.9 Å². The average Bonchev–Trinajstić information content (AvgIpc) is 2.66. The minimum atomic E-state index is -4.06. The van der Waals surface area contributed by atoms with Crippen molar-refractivity contribution in [3.8, 4) is 5.88 Å². The quantitative estimate of drug-likeness (QED) is 0.572. The molecule has 7 nitrogen and oxygen atoms in total. The minimum Gasteiger partial charge on any atom is -0.477 e. The summed E-state index contributed by atoms with van der Waals surface area (Å²) in [7, 11) is -4.06. The van der Waals surface area contributed by atoms with Crippen molar-refractivity contribution in [2.45, 2.75) is 25.2 Å². The summed E-state index contributed by atoms with van der Waals surface area (Å²) in [5, 5.41) is 9.42. The molecule has 0 aliphatic carbocycles. The van der Waals surface area contributed by atoms with Gasteiger partial charge in [0, 0.05) is 27.7 Å². The highest BCUT2D eigenvalue weighted by Gasteiger charge is 2.18. The Balaban J connectivity index is 2.00. The highest BCUT2D eigenvalue weighted by molar-refractivity contribution is 7.89. The van der Waals surface area contributed by atoms with Crippen LogP contribution in [0.2, 0.25) is 5.02 Å². The van der Waals surface area contributed by atoms with E-state index >= 15 is 0 Å². The fourth-order valence-electron chi connectivity index (χ4n) is 2.91. The van der Waals surface area contributed by atoms with Gasteiger partial charge < -0.3 is 10.1 Å². The highest BCUT2D eigenvalue weighted by atomic mass is 35.5. The van der Waals surface area contributed by atoms with Crippen LogP contribution in [-0.4, -0.2) is 25.9 Å².